The Morgan fingerprint density at radius 2 is 2.12 bits per heavy atom. The van der Waals surface area contributed by atoms with Crippen LogP contribution in [-0.2, 0) is 0 Å². The van der Waals surface area contributed by atoms with Gasteiger partial charge in [0.1, 0.15) is 5.69 Å². The summed E-state index contributed by atoms with van der Waals surface area (Å²) in [6, 6.07) is 1.53. The standard InChI is InChI=1S/C17H23N5O4/c1-10-13(22(25)26)15-18-8-7-12(21(15)19-10)11-6-5-9-20(16(23)24)14(11)17(2,3)4/h7-8,11,14H,5-6,9H2,1-4H3,(H,23,24). The Morgan fingerprint density at radius 1 is 1.42 bits per heavy atom. The van der Waals surface area contributed by atoms with Gasteiger partial charge in [0.05, 0.1) is 10.6 Å². The first-order chi connectivity index (χ1) is 12.1. The molecule has 2 atom stereocenters. The van der Waals surface area contributed by atoms with Gasteiger partial charge in [-0.25, -0.2) is 14.3 Å². The molecule has 1 aliphatic heterocycles. The van der Waals surface area contributed by atoms with Crippen molar-refractivity contribution in [2.75, 3.05) is 6.54 Å². The van der Waals surface area contributed by atoms with E-state index < -0.39 is 11.0 Å². The average Bonchev–Trinajstić information content (AvgIpc) is 2.89. The fraction of sp³-hybridized carbons (Fsp3) is 0.588. The molecule has 0 aliphatic carbocycles. The normalized spacial score (nSPS) is 21.2. The molecule has 3 rings (SSSR count). The number of carbonyl (C=O) groups is 1. The summed E-state index contributed by atoms with van der Waals surface area (Å²) >= 11 is 0. The molecule has 3 heterocycles. The van der Waals surface area contributed by atoms with Gasteiger partial charge in [-0.3, -0.25) is 10.1 Å². The lowest BCUT2D eigenvalue weighted by Gasteiger charge is -2.46. The minimum atomic E-state index is -0.942. The fourth-order valence-corrected chi connectivity index (χ4v) is 4.14. The molecular formula is C17H23N5O4. The number of piperidine rings is 1. The van der Waals surface area contributed by atoms with Crippen LogP contribution in [0.25, 0.3) is 5.65 Å². The number of aromatic nitrogens is 3. The number of carboxylic acid groups (broad SMARTS) is 1. The maximum atomic E-state index is 11.8. The second kappa shape index (κ2) is 6.22. The van der Waals surface area contributed by atoms with E-state index in [1.54, 1.807) is 13.0 Å². The molecular weight excluding hydrogens is 338 g/mol. The first kappa shape index (κ1) is 18.1. The van der Waals surface area contributed by atoms with Crippen molar-refractivity contribution in [3.63, 3.8) is 0 Å². The fourth-order valence-electron chi connectivity index (χ4n) is 4.14. The van der Waals surface area contributed by atoms with Gasteiger partial charge < -0.3 is 10.0 Å². The highest BCUT2D eigenvalue weighted by Gasteiger charge is 2.43. The number of likely N-dealkylation sites (tertiary alicyclic amines) is 1. The lowest BCUT2D eigenvalue weighted by atomic mass is 9.73. The molecule has 0 bridgehead atoms. The van der Waals surface area contributed by atoms with Gasteiger partial charge in [-0.15, -0.1) is 0 Å². The molecule has 0 radical (unpaired) electrons. The molecule has 0 saturated carbocycles. The number of hydrogen-bond donors (Lipinski definition) is 1. The van der Waals surface area contributed by atoms with E-state index in [4.69, 9.17) is 0 Å². The van der Waals surface area contributed by atoms with Crippen molar-refractivity contribution < 1.29 is 14.8 Å². The van der Waals surface area contributed by atoms with Crippen LogP contribution < -0.4 is 0 Å². The Balaban J connectivity index is 2.19. The summed E-state index contributed by atoms with van der Waals surface area (Å²) in [6.45, 7) is 8.12. The first-order valence-electron chi connectivity index (χ1n) is 8.61. The van der Waals surface area contributed by atoms with Gasteiger partial charge in [0.2, 0.25) is 5.65 Å². The number of nitro groups is 1. The van der Waals surface area contributed by atoms with E-state index in [1.165, 1.54) is 15.6 Å². The zero-order valence-electron chi connectivity index (χ0n) is 15.3. The summed E-state index contributed by atoms with van der Waals surface area (Å²) in [6.07, 6.45) is 2.12. The Kier molecular flexibility index (Phi) is 4.33. The van der Waals surface area contributed by atoms with Crippen molar-refractivity contribution in [3.05, 3.63) is 33.8 Å². The lowest BCUT2D eigenvalue weighted by molar-refractivity contribution is -0.383. The van der Waals surface area contributed by atoms with Gasteiger partial charge in [0.25, 0.3) is 0 Å². The zero-order chi connectivity index (χ0) is 19.2. The monoisotopic (exact) mass is 361 g/mol. The van der Waals surface area contributed by atoms with Crippen LogP contribution in [0.4, 0.5) is 10.5 Å². The minimum Gasteiger partial charge on any atom is -0.465 e. The van der Waals surface area contributed by atoms with Crippen LogP contribution in [0.3, 0.4) is 0 Å². The van der Waals surface area contributed by atoms with Crippen molar-refractivity contribution >= 4 is 17.4 Å². The molecule has 2 aromatic rings. The summed E-state index contributed by atoms with van der Waals surface area (Å²) in [5, 5.41) is 25.4. The van der Waals surface area contributed by atoms with Gasteiger partial charge >= 0.3 is 11.8 Å². The van der Waals surface area contributed by atoms with Gasteiger partial charge in [-0.1, -0.05) is 20.8 Å². The zero-order valence-corrected chi connectivity index (χ0v) is 15.3. The molecule has 1 N–H and O–H groups in total. The average molecular weight is 361 g/mol. The van der Waals surface area contributed by atoms with E-state index in [0.29, 0.717) is 12.2 Å². The molecule has 1 amide bonds. The van der Waals surface area contributed by atoms with Crippen molar-refractivity contribution in [2.45, 2.75) is 52.5 Å². The van der Waals surface area contributed by atoms with Crippen LogP contribution in [0.15, 0.2) is 12.3 Å². The van der Waals surface area contributed by atoms with E-state index in [-0.39, 0.29) is 28.7 Å². The highest BCUT2D eigenvalue weighted by molar-refractivity contribution is 5.66. The van der Waals surface area contributed by atoms with Crippen molar-refractivity contribution in [1.82, 2.24) is 19.5 Å². The Hall–Kier alpha value is -2.71. The molecule has 1 aliphatic rings. The molecule has 2 unspecified atom stereocenters. The Morgan fingerprint density at radius 3 is 2.69 bits per heavy atom. The molecule has 1 saturated heterocycles. The van der Waals surface area contributed by atoms with E-state index in [0.717, 1.165) is 18.5 Å². The Labute approximate surface area is 150 Å². The number of nitrogens with zero attached hydrogens (tertiary/aromatic N) is 5. The third-order valence-corrected chi connectivity index (χ3v) is 5.02. The summed E-state index contributed by atoms with van der Waals surface area (Å²) in [5.41, 5.74) is 0.855. The highest BCUT2D eigenvalue weighted by Crippen LogP contribution is 2.42. The summed E-state index contributed by atoms with van der Waals surface area (Å²) in [4.78, 5) is 28.3. The number of fused-ring (bicyclic) bond motifs is 1. The third kappa shape index (κ3) is 2.87. The van der Waals surface area contributed by atoms with Gasteiger partial charge in [-0.05, 0) is 31.2 Å². The number of aryl methyl sites for hydroxylation is 1. The maximum Gasteiger partial charge on any atom is 0.407 e. The minimum absolute atomic E-state index is 0.106. The molecule has 9 nitrogen and oxygen atoms in total. The summed E-state index contributed by atoms with van der Waals surface area (Å²) in [5.74, 6) is -0.121. The quantitative estimate of drug-likeness (QED) is 0.649. The third-order valence-electron chi connectivity index (χ3n) is 5.02. The topological polar surface area (TPSA) is 114 Å². The molecule has 0 spiro atoms. The van der Waals surface area contributed by atoms with Gasteiger partial charge in [0, 0.05) is 24.7 Å². The van der Waals surface area contributed by atoms with Crippen LogP contribution >= 0.6 is 0 Å². The number of hydrogen-bond acceptors (Lipinski definition) is 5. The lowest BCUT2D eigenvalue weighted by Crippen LogP contribution is -2.53. The predicted octanol–water partition coefficient (Wildman–Crippen LogP) is 3.22. The van der Waals surface area contributed by atoms with E-state index >= 15 is 0 Å². The van der Waals surface area contributed by atoms with Crippen molar-refractivity contribution in [1.29, 1.82) is 0 Å². The second-order valence-corrected chi connectivity index (χ2v) is 7.83. The van der Waals surface area contributed by atoms with E-state index in [2.05, 4.69) is 10.1 Å². The largest absolute Gasteiger partial charge is 0.465 e. The van der Waals surface area contributed by atoms with Gasteiger partial charge in [0.15, 0.2) is 0 Å². The molecule has 2 aromatic heterocycles. The van der Waals surface area contributed by atoms with E-state index in [1.807, 2.05) is 20.8 Å². The smallest absolute Gasteiger partial charge is 0.407 e. The van der Waals surface area contributed by atoms with Crippen LogP contribution in [0.5, 0.6) is 0 Å². The summed E-state index contributed by atoms with van der Waals surface area (Å²) < 4.78 is 1.52. The highest BCUT2D eigenvalue weighted by atomic mass is 16.6. The predicted molar refractivity (Wildman–Crippen MR) is 94.3 cm³/mol. The van der Waals surface area contributed by atoms with E-state index in [9.17, 15) is 20.0 Å². The molecule has 140 valence electrons. The SMILES string of the molecule is Cc1nn2c(C3CCCN(C(=O)O)C3C(C)(C)C)ccnc2c1[N+](=O)[O-]. The molecule has 1 fully saturated rings. The maximum absolute atomic E-state index is 11.8. The van der Waals surface area contributed by atoms with Crippen LogP contribution in [0.2, 0.25) is 0 Å². The van der Waals surface area contributed by atoms with Crippen LogP contribution in [0.1, 0.15) is 50.9 Å². The number of amides is 1. The van der Waals surface area contributed by atoms with Crippen molar-refractivity contribution in [2.24, 2.45) is 5.41 Å². The van der Waals surface area contributed by atoms with Gasteiger partial charge in [-0.2, -0.15) is 5.10 Å². The summed E-state index contributed by atoms with van der Waals surface area (Å²) in [7, 11) is 0. The second-order valence-electron chi connectivity index (χ2n) is 7.83. The number of rotatable bonds is 2. The Bertz CT molecular complexity index is 870. The van der Waals surface area contributed by atoms with Crippen molar-refractivity contribution in [3.8, 4) is 0 Å². The first-order valence-corrected chi connectivity index (χ1v) is 8.61. The van der Waals surface area contributed by atoms with Crippen LogP contribution in [0, 0.1) is 22.5 Å². The molecule has 26 heavy (non-hydrogen) atoms. The molecule has 9 heteroatoms. The molecule has 0 aromatic carbocycles. The van der Waals surface area contributed by atoms with Crippen LogP contribution in [-0.4, -0.2) is 48.2 Å².